The minimum absolute atomic E-state index is 0.0787. The number of ether oxygens (including phenoxy) is 1. The van der Waals surface area contributed by atoms with Crippen LogP contribution in [-0.4, -0.2) is 42.6 Å². The first-order valence-corrected chi connectivity index (χ1v) is 8.22. The van der Waals surface area contributed by atoms with Crippen LogP contribution in [0.25, 0.3) is 0 Å². The highest BCUT2D eigenvalue weighted by atomic mass is 79.9. The SMILES string of the molecule is CCOC(=O)C1(C)CCN(C2(C)N=CC(Br)=CN2)CC1C. The van der Waals surface area contributed by atoms with E-state index in [0.29, 0.717) is 6.61 Å². The maximum atomic E-state index is 12.2. The summed E-state index contributed by atoms with van der Waals surface area (Å²) in [4.78, 5) is 19.1. The lowest BCUT2D eigenvalue weighted by Gasteiger charge is -2.48. The van der Waals surface area contributed by atoms with Crippen molar-refractivity contribution in [2.24, 2.45) is 16.3 Å². The molecule has 0 saturated carbocycles. The Kier molecular flexibility index (Phi) is 4.78. The van der Waals surface area contributed by atoms with Gasteiger partial charge in [-0.05, 0) is 49.0 Å². The number of aliphatic imine (C=N–C) groups is 1. The van der Waals surface area contributed by atoms with Gasteiger partial charge in [-0.15, -0.1) is 0 Å². The Morgan fingerprint density at radius 2 is 2.33 bits per heavy atom. The van der Waals surface area contributed by atoms with Crippen molar-refractivity contribution in [3.8, 4) is 0 Å². The molecule has 2 aliphatic rings. The molecule has 0 spiro atoms. The van der Waals surface area contributed by atoms with Crippen LogP contribution in [0.2, 0.25) is 0 Å². The van der Waals surface area contributed by atoms with E-state index < -0.39 is 11.2 Å². The fraction of sp³-hybridized carbons (Fsp3) is 0.733. The monoisotopic (exact) mass is 357 g/mol. The smallest absolute Gasteiger partial charge is 0.312 e. The van der Waals surface area contributed by atoms with Gasteiger partial charge in [-0.2, -0.15) is 0 Å². The third-order valence-corrected chi connectivity index (χ3v) is 5.20. The fourth-order valence-electron chi connectivity index (χ4n) is 2.87. The highest BCUT2D eigenvalue weighted by Gasteiger charge is 2.47. The van der Waals surface area contributed by atoms with Crippen molar-refractivity contribution in [1.29, 1.82) is 0 Å². The lowest BCUT2D eigenvalue weighted by atomic mass is 9.72. The van der Waals surface area contributed by atoms with E-state index in [1.165, 1.54) is 0 Å². The molecule has 0 amide bonds. The molecule has 3 atom stereocenters. The van der Waals surface area contributed by atoms with Gasteiger partial charge in [0.25, 0.3) is 0 Å². The summed E-state index contributed by atoms with van der Waals surface area (Å²) in [6.45, 7) is 10.1. The van der Waals surface area contributed by atoms with Gasteiger partial charge in [0, 0.05) is 25.5 Å². The standard InChI is InChI=1S/C15H24BrN3O2/c1-5-21-13(20)14(3)6-7-19(10-11(14)2)15(4)17-8-12(16)9-18-15/h8-9,11,17H,5-7,10H2,1-4H3. The lowest BCUT2D eigenvalue weighted by molar-refractivity contribution is -0.162. The Hall–Kier alpha value is -0.880. The minimum atomic E-state index is -0.443. The Balaban J connectivity index is 2.07. The number of piperidine rings is 1. The molecule has 0 bridgehead atoms. The van der Waals surface area contributed by atoms with Crippen molar-refractivity contribution >= 4 is 28.1 Å². The molecule has 2 rings (SSSR count). The van der Waals surface area contributed by atoms with Crippen LogP contribution in [0.15, 0.2) is 15.7 Å². The predicted octanol–water partition coefficient (Wildman–Crippen LogP) is 2.48. The van der Waals surface area contributed by atoms with E-state index >= 15 is 0 Å². The van der Waals surface area contributed by atoms with E-state index in [9.17, 15) is 4.79 Å². The topological polar surface area (TPSA) is 53.9 Å². The molecule has 0 aromatic rings. The number of rotatable bonds is 3. The molecule has 1 saturated heterocycles. The summed E-state index contributed by atoms with van der Waals surface area (Å²) >= 11 is 3.40. The van der Waals surface area contributed by atoms with Crippen LogP contribution < -0.4 is 5.32 Å². The summed E-state index contributed by atoms with van der Waals surface area (Å²) in [6, 6.07) is 0. The van der Waals surface area contributed by atoms with E-state index in [0.717, 1.165) is 24.0 Å². The molecule has 1 fully saturated rings. The van der Waals surface area contributed by atoms with Crippen molar-refractivity contribution in [3.63, 3.8) is 0 Å². The van der Waals surface area contributed by atoms with Crippen LogP contribution in [-0.2, 0) is 9.53 Å². The van der Waals surface area contributed by atoms with Gasteiger partial charge in [-0.1, -0.05) is 6.92 Å². The van der Waals surface area contributed by atoms with Crippen molar-refractivity contribution in [3.05, 3.63) is 10.7 Å². The normalized spacial score (nSPS) is 36.8. The molecule has 0 aromatic carbocycles. The average Bonchev–Trinajstić information content (AvgIpc) is 2.45. The van der Waals surface area contributed by atoms with Crippen LogP contribution in [0.4, 0.5) is 0 Å². The molecule has 6 heteroatoms. The molecule has 3 unspecified atom stereocenters. The molecular weight excluding hydrogens is 334 g/mol. The predicted molar refractivity (Wildman–Crippen MR) is 87.1 cm³/mol. The number of nitrogens with zero attached hydrogens (tertiary/aromatic N) is 2. The minimum Gasteiger partial charge on any atom is -0.466 e. The summed E-state index contributed by atoms with van der Waals surface area (Å²) in [6.07, 6.45) is 4.52. The number of allylic oxidation sites excluding steroid dienone is 1. The average molecular weight is 358 g/mol. The first-order valence-electron chi connectivity index (χ1n) is 7.42. The van der Waals surface area contributed by atoms with E-state index in [-0.39, 0.29) is 11.9 Å². The number of hydrogen-bond donors (Lipinski definition) is 1. The first-order chi connectivity index (χ1) is 9.82. The van der Waals surface area contributed by atoms with Gasteiger partial charge >= 0.3 is 5.97 Å². The van der Waals surface area contributed by atoms with Crippen molar-refractivity contribution < 1.29 is 9.53 Å². The first kappa shape index (κ1) is 16.5. The van der Waals surface area contributed by atoms with Crippen LogP contribution in [0.3, 0.4) is 0 Å². The maximum absolute atomic E-state index is 12.2. The Morgan fingerprint density at radius 3 is 2.86 bits per heavy atom. The van der Waals surface area contributed by atoms with E-state index in [4.69, 9.17) is 4.74 Å². The summed E-state index contributed by atoms with van der Waals surface area (Å²) < 4.78 is 6.19. The van der Waals surface area contributed by atoms with E-state index in [1.807, 2.05) is 26.3 Å². The van der Waals surface area contributed by atoms with E-state index in [2.05, 4.69) is 45.0 Å². The van der Waals surface area contributed by atoms with Crippen molar-refractivity contribution in [2.75, 3.05) is 19.7 Å². The Morgan fingerprint density at radius 1 is 1.62 bits per heavy atom. The molecule has 0 aromatic heterocycles. The quantitative estimate of drug-likeness (QED) is 0.788. The number of likely N-dealkylation sites (tertiary alicyclic amines) is 1. The zero-order chi connectivity index (χ0) is 15.7. The molecular formula is C15H24BrN3O2. The fourth-order valence-corrected chi connectivity index (χ4v) is 3.09. The van der Waals surface area contributed by atoms with Gasteiger partial charge in [0.15, 0.2) is 5.79 Å². The Bertz CT molecular complexity index is 480. The molecule has 21 heavy (non-hydrogen) atoms. The van der Waals surface area contributed by atoms with Crippen LogP contribution in [0, 0.1) is 11.3 Å². The highest BCUT2D eigenvalue weighted by Crippen LogP contribution is 2.39. The van der Waals surface area contributed by atoms with Gasteiger partial charge in [-0.3, -0.25) is 9.69 Å². The number of hydrogen-bond acceptors (Lipinski definition) is 5. The van der Waals surface area contributed by atoms with Crippen LogP contribution in [0.1, 0.15) is 34.1 Å². The third kappa shape index (κ3) is 3.16. The van der Waals surface area contributed by atoms with Crippen molar-refractivity contribution in [1.82, 2.24) is 10.2 Å². The van der Waals surface area contributed by atoms with Gasteiger partial charge in [0.2, 0.25) is 0 Å². The molecule has 2 aliphatic heterocycles. The largest absolute Gasteiger partial charge is 0.466 e. The number of carbonyl (C=O) groups excluding carboxylic acids is 1. The summed E-state index contributed by atoms with van der Waals surface area (Å²) in [5.74, 6) is -0.305. The number of nitrogens with one attached hydrogen (secondary N) is 1. The molecule has 0 radical (unpaired) electrons. The molecule has 118 valence electrons. The molecule has 1 N–H and O–H groups in total. The zero-order valence-electron chi connectivity index (χ0n) is 13.1. The van der Waals surface area contributed by atoms with Crippen LogP contribution >= 0.6 is 15.9 Å². The molecule has 5 nitrogen and oxygen atoms in total. The number of esters is 1. The van der Waals surface area contributed by atoms with Gasteiger partial charge in [0.1, 0.15) is 0 Å². The van der Waals surface area contributed by atoms with Crippen LogP contribution in [0.5, 0.6) is 0 Å². The second-order valence-corrected chi connectivity index (χ2v) is 7.10. The Labute approximate surface area is 134 Å². The zero-order valence-corrected chi connectivity index (χ0v) is 14.7. The second kappa shape index (κ2) is 6.08. The highest BCUT2D eigenvalue weighted by molar-refractivity contribution is 9.12. The summed E-state index contributed by atoms with van der Waals surface area (Å²) in [5, 5.41) is 3.32. The lowest BCUT2D eigenvalue weighted by Crippen LogP contribution is -2.61. The van der Waals surface area contributed by atoms with Gasteiger partial charge in [-0.25, -0.2) is 4.99 Å². The van der Waals surface area contributed by atoms with Crippen molar-refractivity contribution in [2.45, 2.75) is 39.9 Å². The maximum Gasteiger partial charge on any atom is 0.312 e. The summed E-state index contributed by atoms with van der Waals surface area (Å²) in [5.41, 5.74) is -0.405. The van der Waals surface area contributed by atoms with Gasteiger partial charge < -0.3 is 10.1 Å². The van der Waals surface area contributed by atoms with Gasteiger partial charge in [0.05, 0.1) is 16.5 Å². The number of carbonyl (C=O) groups is 1. The third-order valence-electron chi connectivity index (χ3n) is 4.76. The van der Waals surface area contributed by atoms with E-state index in [1.54, 1.807) is 0 Å². The molecule has 2 heterocycles. The molecule has 0 aliphatic carbocycles. The summed E-state index contributed by atoms with van der Waals surface area (Å²) in [7, 11) is 0. The second-order valence-electron chi connectivity index (χ2n) is 6.19. The number of halogens is 1.